The van der Waals surface area contributed by atoms with Gasteiger partial charge >= 0.3 is 0 Å². The Kier molecular flexibility index (Phi) is 3.65. The number of aliphatic hydroxyl groups is 1. The van der Waals surface area contributed by atoms with Crippen molar-refractivity contribution in [1.82, 2.24) is 0 Å². The predicted octanol–water partition coefficient (Wildman–Crippen LogP) is 2.41. The van der Waals surface area contributed by atoms with Crippen molar-refractivity contribution in [2.75, 3.05) is 0 Å². The van der Waals surface area contributed by atoms with E-state index in [0.717, 1.165) is 6.07 Å². The molecule has 90 valence electrons. The molecular weight excluding hydrogens is 212 g/mol. The van der Waals surface area contributed by atoms with Crippen LogP contribution in [0, 0.1) is 5.82 Å². The standard InChI is InChI=1S/C12H17F2NO/c1-7(15)11(16)9-6-8(12(2,3)14)4-5-10(9)13/h4-7,11,16H,15H2,1-3H3. The van der Waals surface area contributed by atoms with Crippen LogP contribution in [0.5, 0.6) is 0 Å². The number of halogens is 2. The van der Waals surface area contributed by atoms with Crippen LogP contribution in [0.1, 0.15) is 38.0 Å². The normalized spacial score (nSPS) is 15.9. The van der Waals surface area contributed by atoms with E-state index < -0.39 is 23.6 Å². The third kappa shape index (κ3) is 2.77. The van der Waals surface area contributed by atoms with Crippen molar-refractivity contribution in [3.8, 4) is 0 Å². The maximum absolute atomic E-state index is 13.7. The van der Waals surface area contributed by atoms with Gasteiger partial charge in [-0.1, -0.05) is 6.07 Å². The lowest BCUT2D eigenvalue weighted by molar-refractivity contribution is 0.148. The first-order chi connectivity index (χ1) is 7.23. The predicted molar refractivity (Wildman–Crippen MR) is 59.1 cm³/mol. The first kappa shape index (κ1) is 13.1. The van der Waals surface area contributed by atoms with Gasteiger partial charge in [0, 0.05) is 11.6 Å². The molecule has 0 aliphatic rings. The Hall–Kier alpha value is -1.00. The maximum Gasteiger partial charge on any atom is 0.130 e. The minimum atomic E-state index is -1.57. The van der Waals surface area contributed by atoms with E-state index in [1.54, 1.807) is 6.92 Å². The van der Waals surface area contributed by atoms with Gasteiger partial charge in [-0.2, -0.15) is 0 Å². The molecule has 2 nitrogen and oxygen atoms in total. The monoisotopic (exact) mass is 229 g/mol. The van der Waals surface area contributed by atoms with Crippen LogP contribution >= 0.6 is 0 Å². The fourth-order valence-corrected chi connectivity index (χ4v) is 1.42. The van der Waals surface area contributed by atoms with E-state index in [9.17, 15) is 13.9 Å². The zero-order valence-electron chi connectivity index (χ0n) is 9.67. The Bertz CT molecular complexity index is 372. The summed E-state index contributed by atoms with van der Waals surface area (Å²) in [5.74, 6) is -0.571. The summed E-state index contributed by atoms with van der Waals surface area (Å²) in [4.78, 5) is 0. The van der Waals surface area contributed by atoms with Gasteiger partial charge in [0.1, 0.15) is 11.5 Å². The average Bonchev–Trinajstić information content (AvgIpc) is 2.15. The van der Waals surface area contributed by atoms with Crippen LogP contribution in [0.4, 0.5) is 8.78 Å². The molecule has 4 heteroatoms. The molecule has 0 aliphatic heterocycles. The Morgan fingerprint density at radius 2 is 1.94 bits per heavy atom. The largest absolute Gasteiger partial charge is 0.387 e. The fourth-order valence-electron chi connectivity index (χ4n) is 1.42. The summed E-state index contributed by atoms with van der Waals surface area (Å²) in [5.41, 5.74) is 4.28. The lowest BCUT2D eigenvalue weighted by Gasteiger charge is -2.20. The van der Waals surface area contributed by atoms with Crippen molar-refractivity contribution in [3.05, 3.63) is 35.1 Å². The van der Waals surface area contributed by atoms with E-state index >= 15 is 0 Å². The minimum absolute atomic E-state index is 0.0400. The highest BCUT2D eigenvalue weighted by atomic mass is 19.1. The summed E-state index contributed by atoms with van der Waals surface area (Å²) in [6, 6.07) is 3.24. The Balaban J connectivity index is 3.19. The van der Waals surface area contributed by atoms with E-state index in [4.69, 9.17) is 5.73 Å². The van der Waals surface area contributed by atoms with E-state index in [-0.39, 0.29) is 5.56 Å². The van der Waals surface area contributed by atoms with Gasteiger partial charge in [-0.05, 0) is 38.5 Å². The van der Waals surface area contributed by atoms with Crippen molar-refractivity contribution in [3.63, 3.8) is 0 Å². The summed E-state index contributed by atoms with van der Waals surface area (Å²) in [6.45, 7) is 4.32. The molecule has 0 aromatic heterocycles. The van der Waals surface area contributed by atoms with Gasteiger partial charge in [-0.15, -0.1) is 0 Å². The Morgan fingerprint density at radius 1 is 1.38 bits per heavy atom. The number of benzene rings is 1. The molecule has 0 fully saturated rings. The van der Waals surface area contributed by atoms with Crippen LogP contribution in [0.25, 0.3) is 0 Å². The molecule has 1 aromatic rings. The number of aliphatic hydroxyl groups excluding tert-OH is 1. The van der Waals surface area contributed by atoms with Gasteiger partial charge in [-0.25, -0.2) is 8.78 Å². The van der Waals surface area contributed by atoms with Gasteiger partial charge < -0.3 is 10.8 Å². The number of hydrogen-bond acceptors (Lipinski definition) is 2. The second kappa shape index (κ2) is 4.47. The fraction of sp³-hybridized carbons (Fsp3) is 0.500. The van der Waals surface area contributed by atoms with Crippen LogP contribution in [0.15, 0.2) is 18.2 Å². The first-order valence-electron chi connectivity index (χ1n) is 5.16. The number of hydrogen-bond donors (Lipinski definition) is 2. The van der Waals surface area contributed by atoms with Crippen LogP contribution in [-0.2, 0) is 5.67 Å². The van der Waals surface area contributed by atoms with Crippen LogP contribution < -0.4 is 5.73 Å². The highest BCUT2D eigenvalue weighted by Crippen LogP contribution is 2.29. The highest BCUT2D eigenvalue weighted by Gasteiger charge is 2.23. The third-order valence-corrected chi connectivity index (χ3v) is 2.50. The molecule has 3 N–H and O–H groups in total. The summed E-state index contributed by atoms with van der Waals surface area (Å²) < 4.78 is 27.1. The minimum Gasteiger partial charge on any atom is -0.387 e. The second-order valence-corrected chi connectivity index (χ2v) is 4.51. The quantitative estimate of drug-likeness (QED) is 0.836. The third-order valence-electron chi connectivity index (χ3n) is 2.50. The van der Waals surface area contributed by atoms with Gasteiger partial charge in [0.2, 0.25) is 0 Å². The zero-order chi connectivity index (χ0) is 12.5. The van der Waals surface area contributed by atoms with E-state index in [1.165, 1.54) is 26.0 Å². The zero-order valence-corrected chi connectivity index (χ0v) is 9.67. The SMILES string of the molecule is CC(N)C(O)c1cc(C(C)(C)F)ccc1F. The first-order valence-corrected chi connectivity index (χ1v) is 5.16. The lowest BCUT2D eigenvalue weighted by Crippen LogP contribution is -2.25. The van der Waals surface area contributed by atoms with E-state index in [2.05, 4.69) is 0 Å². The Morgan fingerprint density at radius 3 is 2.38 bits per heavy atom. The molecule has 16 heavy (non-hydrogen) atoms. The molecule has 1 rings (SSSR count). The smallest absolute Gasteiger partial charge is 0.130 e. The molecule has 1 aromatic carbocycles. The molecule has 0 heterocycles. The van der Waals surface area contributed by atoms with Crippen molar-refractivity contribution < 1.29 is 13.9 Å². The molecular formula is C12H17F2NO. The molecule has 0 spiro atoms. The van der Waals surface area contributed by atoms with Crippen molar-refractivity contribution in [2.45, 2.75) is 38.6 Å². The molecule has 0 aliphatic carbocycles. The molecule has 0 saturated heterocycles. The molecule has 0 bridgehead atoms. The Labute approximate surface area is 94.1 Å². The molecule has 2 atom stereocenters. The van der Waals surface area contributed by atoms with Gasteiger partial charge in [0.15, 0.2) is 0 Å². The maximum atomic E-state index is 13.7. The topological polar surface area (TPSA) is 46.2 Å². The summed E-state index contributed by atoms with van der Waals surface area (Å²) >= 11 is 0. The number of rotatable bonds is 3. The van der Waals surface area contributed by atoms with E-state index in [1.807, 2.05) is 0 Å². The highest BCUT2D eigenvalue weighted by molar-refractivity contribution is 5.30. The number of alkyl halides is 1. The lowest BCUT2D eigenvalue weighted by atomic mass is 9.94. The van der Waals surface area contributed by atoms with Crippen LogP contribution in [-0.4, -0.2) is 11.1 Å². The summed E-state index contributed by atoms with van der Waals surface area (Å²) in [7, 11) is 0. The number of nitrogens with two attached hydrogens (primary N) is 1. The van der Waals surface area contributed by atoms with Crippen molar-refractivity contribution >= 4 is 0 Å². The van der Waals surface area contributed by atoms with Crippen LogP contribution in [0.2, 0.25) is 0 Å². The molecule has 2 unspecified atom stereocenters. The van der Waals surface area contributed by atoms with Crippen LogP contribution in [0.3, 0.4) is 0 Å². The average molecular weight is 229 g/mol. The molecule has 0 saturated carbocycles. The van der Waals surface area contributed by atoms with Crippen molar-refractivity contribution in [2.24, 2.45) is 5.73 Å². The van der Waals surface area contributed by atoms with Crippen molar-refractivity contribution in [1.29, 1.82) is 0 Å². The molecule has 0 radical (unpaired) electrons. The summed E-state index contributed by atoms with van der Waals surface area (Å²) in [5, 5.41) is 9.68. The second-order valence-electron chi connectivity index (χ2n) is 4.51. The summed E-state index contributed by atoms with van der Waals surface area (Å²) in [6.07, 6.45) is -1.12. The van der Waals surface area contributed by atoms with E-state index in [0.29, 0.717) is 5.56 Å². The van der Waals surface area contributed by atoms with Gasteiger partial charge in [0.05, 0.1) is 6.10 Å². The van der Waals surface area contributed by atoms with Gasteiger partial charge in [0.25, 0.3) is 0 Å². The molecule has 0 amide bonds. The van der Waals surface area contributed by atoms with Gasteiger partial charge in [-0.3, -0.25) is 0 Å².